The van der Waals surface area contributed by atoms with Gasteiger partial charge in [0, 0.05) is 19.8 Å². The first-order valence-corrected chi connectivity index (χ1v) is 11.8. The molecule has 0 atom stereocenters. The molecule has 27 heavy (non-hydrogen) atoms. The Morgan fingerprint density at radius 2 is 1.85 bits per heavy atom. The molecule has 144 valence electrons. The van der Waals surface area contributed by atoms with E-state index < -0.39 is 20.0 Å². The van der Waals surface area contributed by atoms with Crippen LogP contribution in [0.15, 0.2) is 57.8 Å². The number of benzene rings is 1. The summed E-state index contributed by atoms with van der Waals surface area (Å²) >= 11 is 1.42. The van der Waals surface area contributed by atoms with Crippen molar-refractivity contribution >= 4 is 31.4 Å². The van der Waals surface area contributed by atoms with E-state index in [1.165, 1.54) is 34.3 Å². The lowest BCUT2D eigenvalue weighted by atomic mass is 10.2. The third-order valence-corrected chi connectivity index (χ3v) is 7.06. The lowest BCUT2D eigenvalue weighted by Gasteiger charge is -2.07. The lowest BCUT2D eigenvalue weighted by Crippen LogP contribution is -2.26. The standard InChI is InChI=1S/C16H18N4O4S3/c1-20-11-15(16(19-20)14-3-2-10-25-14)27(23,24)18-9-8-12-4-6-13(7-5-12)26(17,21)22/h2-7,10-11,18H,8-9H2,1H3,(H2,17,21,22). The summed E-state index contributed by atoms with van der Waals surface area (Å²) < 4.78 is 51.9. The SMILES string of the molecule is Cn1cc(S(=O)(=O)NCCc2ccc(S(N)(=O)=O)cc2)c(-c2cccs2)n1. The lowest BCUT2D eigenvalue weighted by molar-refractivity contribution is 0.581. The Kier molecular flexibility index (Phi) is 5.49. The molecule has 0 aliphatic heterocycles. The number of rotatable bonds is 7. The van der Waals surface area contributed by atoms with Gasteiger partial charge in [-0.3, -0.25) is 4.68 Å². The number of sulfonamides is 2. The fraction of sp³-hybridized carbons (Fsp3) is 0.188. The predicted molar refractivity (Wildman–Crippen MR) is 103 cm³/mol. The summed E-state index contributed by atoms with van der Waals surface area (Å²) in [7, 11) is -5.81. The molecule has 0 amide bonds. The highest BCUT2D eigenvalue weighted by molar-refractivity contribution is 7.89. The number of nitrogens with zero attached hydrogens (tertiary/aromatic N) is 2. The Hall–Kier alpha value is -2.05. The minimum Gasteiger partial charge on any atom is -0.274 e. The zero-order chi connectivity index (χ0) is 19.7. The number of hydrogen-bond acceptors (Lipinski definition) is 6. The van der Waals surface area contributed by atoms with Crippen molar-refractivity contribution in [1.29, 1.82) is 0 Å². The average Bonchev–Trinajstić information content (AvgIpc) is 3.23. The normalized spacial score (nSPS) is 12.4. The fourth-order valence-corrected chi connectivity index (χ4v) is 5.03. The molecule has 3 N–H and O–H groups in total. The van der Waals surface area contributed by atoms with Crippen molar-refractivity contribution in [2.24, 2.45) is 12.2 Å². The van der Waals surface area contributed by atoms with Gasteiger partial charge in [-0.2, -0.15) is 5.10 Å². The van der Waals surface area contributed by atoms with Crippen molar-refractivity contribution in [2.45, 2.75) is 16.2 Å². The number of nitrogens with one attached hydrogen (secondary N) is 1. The highest BCUT2D eigenvalue weighted by atomic mass is 32.2. The summed E-state index contributed by atoms with van der Waals surface area (Å²) in [5, 5.41) is 11.2. The van der Waals surface area contributed by atoms with Crippen molar-refractivity contribution in [1.82, 2.24) is 14.5 Å². The zero-order valence-corrected chi connectivity index (χ0v) is 16.8. The number of thiophene rings is 1. The molecule has 0 aliphatic rings. The molecule has 0 aliphatic carbocycles. The van der Waals surface area contributed by atoms with Crippen LogP contribution < -0.4 is 9.86 Å². The maximum absolute atomic E-state index is 12.7. The summed E-state index contributed by atoms with van der Waals surface area (Å²) in [5.41, 5.74) is 1.20. The first-order chi connectivity index (χ1) is 12.7. The quantitative estimate of drug-likeness (QED) is 0.589. The van der Waals surface area contributed by atoms with E-state index >= 15 is 0 Å². The van der Waals surface area contributed by atoms with Crippen molar-refractivity contribution < 1.29 is 16.8 Å². The molecule has 3 rings (SSSR count). The molecule has 0 saturated heterocycles. The smallest absolute Gasteiger partial charge is 0.244 e. The van der Waals surface area contributed by atoms with Gasteiger partial charge in [0.15, 0.2) is 0 Å². The van der Waals surface area contributed by atoms with Crippen LogP contribution in [0.2, 0.25) is 0 Å². The minimum atomic E-state index is -3.74. The van der Waals surface area contributed by atoms with Crippen molar-refractivity contribution in [3.63, 3.8) is 0 Å². The number of aryl methyl sites for hydroxylation is 1. The molecule has 2 heterocycles. The van der Waals surface area contributed by atoms with Crippen LogP contribution in [0.5, 0.6) is 0 Å². The molecule has 0 unspecified atom stereocenters. The zero-order valence-electron chi connectivity index (χ0n) is 14.4. The van der Waals surface area contributed by atoms with Crippen LogP contribution in [-0.4, -0.2) is 33.2 Å². The van der Waals surface area contributed by atoms with Crippen LogP contribution in [0.3, 0.4) is 0 Å². The van der Waals surface area contributed by atoms with E-state index in [1.807, 2.05) is 17.5 Å². The molecule has 2 aromatic heterocycles. The van der Waals surface area contributed by atoms with E-state index in [-0.39, 0.29) is 16.3 Å². The van der Waals surface area contributed by atoms with Crippen molar-refractivity contribution in [2.75, 3.05) is 6.54 Å². The average molecular weight is 427 g/mol. The minimum absolute atomic E-state index is 0.0165. The van der Waals surface area contributed by atoms with Crippen LogP contribution in [0.1, 0.15) is 5.56 Å². The highest BCUT2D eigenvalue weighted by Crippen LogP contribution is 2.29. The number of aromatic nitrogens is 2. The molecular weight excluding hydrogens is 408 g/mol. The molecule has 0 spiro atoms. The van der Waals surface area contributed by atoms with Crippen LogP contribution in [-0.2, 0) is 33.5 Å². The van der Waals surface area contributed by atoms with Crippen molar-refractivity contribution in [3.8, 4) is 10.6 Å². The van der Waals surface area contributed by atoms with Gasteiger partial charge in [0.25, 0.3) is 0 Å². The Morgan fingerprint density at radius 3 is 2.44 bits per heavy atom. The molecular formula is C16H18N4O4S3. The van der Waals surface area contributed by atoms with Gasteiger partial charge >= 0.3 is 0 Å². The van der Waals surface area contributed by atoms with Crippen LogP contribution in [0.4, 0.5) is 0 Å². The van der Waals surface area contributed by atoms with Gasteiger partial charge in [0.1, 0.15) is 10.6 Å². The monoisotopic (exact) mass is 426 g/mol. The molecule has 0 saturated carbocycles. The highest BCUT2D eigenvalue weighted by Gasteiger charge is 2.23. The van der Waals surface area contributed by atoms with E-state index in [9.17, 15) is 16.8 Å². The molecule has 0 radical (unpaired) electrons. The summed E-state index contributed by atoms with van der Waals surface area (Å²) in [4.78, 5) is 0.911. The van der Waals surface area contributed by atoms with Gasteiger partial charge in [0.2, 0.25) is 20.0 Å². The van der Waals surface area contributed by atoms with Gasteiger partial charge in [-0.25, -0.2) is 26.7 Å². The Morgan fingerprint density at radius 1 is 1.15 bits per heavy atom. The molecule has 8 nitrogen and oxygen atoms in total. The largest absolute Gasteiger partial charge is 0.274 e. The first kappa shape index (κ1) is 19.7. The molecule has 1 aromatic carbocycles. The van der Waals surface area contributed by atoms with E-state index in [2.05, 4.69) is 9.82 Å². The van der Waals surface area contributed by atoms with Gasteiger partial charge in [-0.05, 0) is 35.6 Å². The second-order valence-electron chi connectivity index (χ2n) is 5.83. The summed E-state index contributed by atoms with van der Waals surface area (Å²) in [6.07, 6.45) is 1.87. The predicted octanol–water partition coefficient (Wildman–Crippen LogP) is 1.32. The first-order valence-electron chi connectivity index (χ1n) is 7.86. The van der Waals surface area contributed by atoms with Gasteiger partial charge in [-0.15, -0.1) is 11.3 Å². The third kappa shape index (κ3) is 4.62. The van der Waals surface area contributed by atoms with E-state index in [1.54, 1.807) is 19.2 Å². The second-order valence-corrected chi connectivity index (χ2v) is 10.1. The third-order valence-electron chi connectivity index (χ3n) is 3.80. The number of nitrogens with two attached hydrogens (primary N) is 1. The molecule has 11 heteroatoms. The molecule has 0 bridgehead atoms. The van der Waals surface area contributed by atoms with Crippen molar-refractivity contribution in [3.05, 3.63) is 53.5 Å². The Balaban J connectivity index is 1.71. The summed E-state index contributed by atoms with van der Waals surface area (Å²) in [6.45, 7) is 0.163. The fourth-order valence-electron chi connectivity index (χ4n) is 2.50. The van der Waals surface area contributed by atoms with Gasteiger partial charge in [-0.1, -0.05) is 18.2 Å². The number of hydrogen-bond donors (Lipinski definition) is 2. The number of primary sulfonamides is 1. The Bertz CT molecular complexity index is 1130. The Labute approximate surface area is 161 Å². The van der Waals surface area contributed by atoms with E-state index in [4.69, 9.17) is 5.14 Å². The van der Waals surface area contributed by atoms with Crippen LogP contribution in [0, 0.1) is 0 Å². The summed E-state index contributed by atoms with van der Waals surface area (Å²) in [6, 6.07) is 9.66. The molecule has 3 aromatic rings. The van der Waals surface area contributed by atoms with Gasteiger partial charge < -0.3 is 0 Å². The van der Waals surface area contributed by atoms with Gasteiger partial charge in [0.05, 0.1) is 9.77 Å². The molecule has 0 fully saturated rings. The second kappa shape index (κ2) is 7.52. The maximum atomic E-state index is 12.7. The van der Waals surface area contributed by atoms with E-state index in [0.29, 0.717) is 12.1 Å². The topological polar surface area (TPSA) is 124 Å². The summed E-state index contributed by atoms with van der Waals surface area (Å²) in [5.74, 6) is 0. The van der Waals surface area contributed by atoms with Crippen LogP contribution >= 0.6 is 11.3 Å². The van der Waals surface area contributed by atoms with Crippen LogP contribution in [0.25, 0.3) is 10.6 Å². The van der Waals surface area contributed by atoms with E-state index in [0.717, 1.165) is 10.4 Å². The maximum Gasteiger partial charge on any atom is 0.244 e.